The van der Waals surface area contributed by atoms with Crippen molar-refractivity contribution in [1.82, 2.24) is 0 Å². The van der Waals surface area contributed by atoms with Crippen LogP contribution in [0.3, 0.4) is 0 Å². The molecule has 3 aromatic rings. The van der Waals surface area contributed by atoms with Gasteiger partial charge in [-0.3, -0.25) is 14.4 Å². The third kappa shape index (κ3) is 6.37. The van der Waals surface area contributed by atoms with E-state index in [0.29, 0.717) is 46.1 Å². The smallest absolute Gasteiger partial charge is 0.235 e. The predicted octanol–water partition coefficient (Wildman–Crippen LogP) is 5.56. The minimum Gasteiger partial charge on any atom is -0.490 e. The van der Waals surface area contributed by atoms with E-state index in [2.05, 4.69) is 26.6 Å². The van der Waals surface area contributed by atoms with Crippen LogP contribution in [0.1, 0.15) is 38.7 Å². The average Bonchev–Trinajstić information content (AvgIpc) is 2.90. The minimum absolute atomic E-state index is 0.340. The van der Waals surface area contributed by atoms with Gasteiger partial charge in [0.05, 0.1) is 29.2 Å². The van der Waals surface area contributed by atoms with E-state index in [1.165, 1.54) is 6.92 Å². The fourth-order valence-electron chi connectivity index (χ4n) is 5.30. The fourth-order valence-corrected chi connectivity index (χ4v) is 5.88. The molecule has 1 saturated carbocycles. The first-order chi connectivity index (χ1) is 19.2. The molecular weight excluding hydrogens is 576 g/mol. The zero-order valence-electron chi connectivity index (χ0n) is 22.6. The Balaban J connectivity index is 1.86. The largest absolute Gasteiger partial charge is 0.490 e. The van der Waals surface area contributed by atoms with E-state index in [9.17, 15) is 19.5 Å². The van der Waals surface area contributed by atoms with Gasteiger partial charge in [-0.05, 0) is 78.7 Å². The number of hydrogen-bond acceptors (Lipinski definition) is 6. The van der Waals surface area contributed by atoms with Gasteiger partial charge in [0.15, 0.2) is 11.5 Å². The van der Waals surface area contributed by atoms with Gasteiger partial charge in [0.2, 0.25) is 11.8 Å². The number of ketones is 1. The summed E-state index contributed by atoms with van der Waals surface area (Å²) in [6, 6.07) is 21.1. The Morgan fingerprint density at radius 3 is 2.02 bits per heavy atom. The highest BCUT2D eigenvalue weighted by molar-refractivity contribution is 9.10. The topological polar surface area (TPSA) is 114 Å². The number of benzene rings is 3. The van der Waals surface area contributed by atoms with Crippen LogP contribution in [-0.4, -0.2) is 41.5 Å². The Bertz CT molecular complexity index is 1360. The van der Waals surface area contributed by atoms with Crippen molar-refractivity contribution in [3.63, 3.8) is 0 Å². The summed E-state index contributed by atoms with van der Waals surface area (Å²) in [7, 11) is 0. The molecule has 9 heteroatoms. The number of amides is 2. The maximum atomic E-state index is 13.9. The SMILES string of the molecule is CCOc1cc(C2C(C(=O)Nc3ccccc3)C(=O)CC(C)(O)C2C(=O)Nc2ccccc2)cc(Br)c1OCC. The highest BCUT2D eigenvalue weighted by Gasteiger charge is 2.56. The quantitative estimate of drug-likeness (QED) is 0.274. The van der Waals surface area contributed by atoms with Crippen LogP contribution in [0.4, 0.5) is 11.4 Å². The van der Waals surface area contributed by atoms with Gasteiger partial charge in [-0.25, -0.2) is 0 Å². The average molecular weight is 610 g/mol. The molecule has 3 aromatic carbocycles. The molecule has 4 rings (SSSR count). The van der Waals surface area contributed by atoms with Gasteiger partial charge in [0, 0.05) is 23.7 Å². The van der Waals surface area contributed by atoms with E-state index >= 15 is 0 Å². The molecule has 40 heavy (non-hydrogen) atoms. The predicted molar refractivity (Wildman–Crippen MR) is 157 cm³/mol. The number of anilines is 2. The lowest BCUT2D eigenvalue weighted by molar-refractivity contribution is -0.150. The molecule has 0 aliphatic heterocycles. The second-order valence-corrected chi connectivity index (χ2v) is 10.7. The molecule has 4 atom stereocenters. The summed E-state index contributed by atoms with van der Waals surface area (Å²) in [5, 5.41) is 17.3. The maximum absolute atomic E-state index is 13.9. The lowest BCUT2D eigenvalue weighted by Gasteiger charge is -2.44. The van der Waals surface area contributed by atoms with Crippen LogP contribution in [0.5, 0.6) is 11.5 Å². The number of rotatable bonds is 9. The van der Waals surface area contributed by atoms with E-state index in [-0.39, 0.29) is 6.42 Å². The molecule has 1 aliphatic carbocycles. The van der Waals surface area contributed by atoms with E-state index in [0.717, 1.165) is 0 Å². The second-order valence-electron chi connectivity index (χ2n) is 9.89. The summed E-state index contributed by atoms with van der Waals surface area (Å²) < 4.78 is 12.2. The number of halogens is 1. The lowest BCUT2D eigenvalue weighted by Crippen LogP contribution is -2.56. The van der Waals surface area contributed by atoms with Crippen LogP contribution in [-0.2, 0) is 14.4 Å². The monoisotopic (exact) mass is 608 g/mol. The molecule has 2 amide bonds. The first-order valence-electron chi connectivity index (χ1n) is 13.2. The molecule has 0 spiro atoms. The first-order valence-corrected chi connectivity index (χ1v) is 14.0. The van der Waals surface area contributed by atoms with Gasteiger partial charge in [-0.1, -0.05) is 36.4 Å². The standard InChI is InChI=1S/C31H33BrN2O6/c1-4-39-24-17-19(16-22(32)28(24)40-5-2)25-26(29(36)33-20-12-8-6-9-13-20)23(35)18-31(3,38)27(25)30(37)34-21-14-10-7-11-15-21/h6-17,25-27,38H,4-5,18H2,1-3H3,(H,33,36)(H,34,37). The normalized spacial score (nSPS) is 22.3. The molecule has 4 unspecified atom stereocenters. The first kappa shape index (κ1) is 29.3. The van der Waals surface area contributed by atoms with Gasteiger partial charge in [0.1, 0.15) is 11.7 Å². The lowest BCUT2D eigenvalue weighted by atomic mass is 9.61. The highest BCUT2D eigenvalue weighted by atomic mass is 79.9. The summed E-state index contributed by atoms with van der Waals surface area (Å²) in [5.74, 6) is -4.09. The van der Waals surface area contributed by atoms with Crippen LogP contribution >= 0.6 is 15.9 Å². The van der Waals surface area contributed by atoms with Gasteiger partial charge in [0.25, 0.3) is 0 Å². The molecule has 0 bridgehead atoms. The number of ether oxygens (including phenoxy) is 2. The molecule has 210 valence electrons. The van der Waals surface area contributed by atoms with Crippen LogP contribution in [0.25, 0.3) is 0 Å². The van der Waals surface area contributed by atoms with Crippen LogP contribution in [0.2, 0.25) is 0 Å². The summed E-state index contributed by atoms with van der Waals surface area (Å²) >= 11 is 3.55. The Hall–Kier alpha value is -3.69. The summed E-state index contributed by atoms with van der Waals surface area (Å²) in [4.78, 5) is 41.2. The molecule has 0 saturated heterocycles. The number of hydrogen-bond donors (Lipinski definition) is 3. The van der Waals surface area contributed by atoms with E-state index in [4.69, 9.17) is 9.47 Å². The number of para-hydroxylation sites is 2. The summed E-state index contributed by atoms with van der Waals surface area (Å²) in [6.45, 7) is 5.87. The van der Waals surface area contributed by atoms with Crippen molar-refractivity contribution in [1.29, 1.82) is 0 Å². The molecule has 0 radical (unpaired) electrons. The van der Waals surface area contributed by atoms with Gasteiger partial charge < -0.3 is 25.2 Å². The zero-order chi connectivity index (χ0) is 28.9. The third-order valence-corrected chi connectivity index (χ3v) is 7.51. The Morgan fingerprint density at radius 2 is 1.48 bits per heavy atom. The molecule has 3 N–H and O–H groups in total. The number of Topliss-reactive ketones (excluding diaryl/α,β-unsaturated/α-hetero) is 1. The van der Waals surface area contributed by atoms with E-state index in [1.54, 1.807) is 60.7 Å². The Kier molecular flexibility index (Phi) is 9.27. The van der Waals surface area contributed by atoms with Crippen molar-refractivity contribution in [2.75, 3.05) is 23.8 Å². The highest BCUT2D eigenvalue weighted by Crippen LogP contribution is 2.49. The second kappa shape index (κ2) is 12.7. The van der Waals surface area contributed by atoms with Crippen molar-refractivity contribution in [2.24, 2.45) is 11.8 Å². The van der Waals surface area contributed by atoms with Gasteiger partial charge >= 0.3 is 0 Å². The molecule has 1 fully saturated rings. The van der Waals surface area contributed by atoms with Crippen molar-refractivity contribution in [3.05, 3.63) is 82.8 Å². The van der Waals surface area contributed by atoms with Crippen molar-refractivity contribution < 1.29 is 29.0 Å². The van der Waals surface area contributed by atoms with Crippen molar-refractivity contribution in [3.8, 4) is 11.5 Å². The van der Waals surface area contributed by atoms with Crippen molar-refractivity contribution in [2.45, 2.75) is 38.7 Å². The van der Waals surface area contributed by atoms with Gasteiger partial charge in [-0.2, -0.15) is 0 Å². The fraction of sp³-hybridized carbons (Fsp3) is 0.323. The van der Waals surface area contributed by atoms with E-state index < -0.39 is 41.0 Å². The van der Waals surface area contributed by atoms with E-state index in [1.807, 2.05) is 26.0 Å². The summed E-state index contributed by atoms with van der Waals surface area (Å²) in [5.41, 5.74) is -0.203. The molecule has 0 heterocycles. The Morgan fingerprint density at radius 1 is 0.925 bits per heavy atom. The molecular formula is C31H33BrN2O6. The summed E-state index contributed by atoms with van der Waals surface area (Å²) in [6.07, 6.45) is -0.361. The van der Waals surface area contributed by atoms with Gasteiger partial charge in [-0.15, -0.1) is 0 Å². The third-order valence-electron chi connectivity index (χ3n) is 6.92. The number of carbonyl (C=O) groups is 3. The van der Waals surface area contributed by atoms with Crippen LogP contribution < -0.4 is 20.1 Å². The maximum Gasteiger partial charge on any atom is 0.235 e. The minimum atomic E-state index is -1.74. The zero-order valence-corrected chi connectivity index (χ0v) is 24.2. The molecule has 1 aliphatic rings. The number of carbonyl (C=O) groups excluding carboxylic acids is 3. The van der Waals surface area contributed by atoms with Crippen LogP contribution in [0.15, 0.2) is 77.3 Å². The number of aliphatic hydroxyl groups is 1. The van der Waals surface area contributed by atoms with Crippen LogP contribution in [0, 0.1) is 11.8 Å². The number of nitrogens with one attached hydrogen (secondary N) is 2. The van der Waals surface area contributed by atoms with Crippen molar-refractivity contribution >= 4 is 44.9 Å². The molecule has 8 nitrogen and oxygen atoms in total. The Labute approximate surface area is 242 Å². The molecule has 0 aromatic heterocycles.